The van der Waals surface area contributed by atoms with E-state index < -0.39 is 0 Å². The molecule has 0 N–H and O–H groups in total. The molecule has 25 heavy (non-hydrogen) atoms. The van der Waals surface area contributed by atoms with Gasteiger partial charge in [-0.1, -0.05) is 6.07 Å². The van der Waals surface area contributed by atoms with Gasteiger partial charge in [0.2, 0.25) is 11.0 Å². The van der Waals surface area contributed by atoms with Crippen molar-refractivity contribution < 1.29 is 4.42 Å². The standard InChI is InChI=1S/C16H20N6OS2/c1-11(14-18-19-15(23-14)13-5-3-10-24-13)21-6-4-7-22(9-8-21)16-17-12(2)20-25-16/h3,5,10-11H,4,6-9H2,1-2H3. The number of hydrogen-bond donors (Lipinski definition) is 0. The first-order valence-corrected chi connectivity index (χ1v) is 10.0. The molecule has 0 spiro atoms. The molecule has 4 rings (SSSR count). The van der Waals surface area contributed by atoms with Gasteiger partial charge in [0.15, 0.2) is 0 Å². The van der Waals surface area contributed by atoms with E-state index in [1.807, 2.05) is 24.4 Å². The van der Waals surface area contributed by atoms with Gasteiger partial charge in [-0.2, -0.15) is 4.37 Å². The fourth-order valence-corrected chi connectivity index (χ4v) is 4.36. The van der Waals surface area contributed by atoms with Crippen LogP contribution in [0.1, 0.15) is 31.1 Å². The summed E-state index contributed by atoms with van der Waals surface area (Å²) in [6, 6.07) is 4.10. The first-order chi connectivity index (χ1) is 12.2. The maximum Gasteiger partial charge on any atom is 0.257 e. The molecule has 9 heteroatoms. The summed E-state index contributed by atoms with van der Waals surface area (Å²) in [5.41, 5.74) is 0. The number of aryl methyl sites for hydroxylation is 1. The van der Waals surface area contributed by atoms with Crippen molar-refractivity contribution in [2.75, 3.05) is 31.1 Å². The Morgan fingerprint density at radius 2 is 2.12 bits per heavy atom. The molecular formula is C16H20N6OS2. The van der Waals surface area contributed by atoms with E-state index in [4.69, 9.17) is 4.42 Å². The highest BCUT2D eigenvalue weighted by Gasteiger charge is 2.25. The average Bonchev–Trinajstić information content (AvgIpc) is 3.33. The van der Waals surface area contributed by atoms with Crippen LogP contribution in [0, 0.1) is 6.92 Å². The summed E-state index contributed by atoms with van der Waals surface area (Å²) < 4.78 is 10.2. The van der Waals surface area contributed by atoms with E-state index >= 15 is 0 Å². The summed E-state index contributed by atoms with van der Waals surface area (Å²) in [5, 5.41) is 11.5. The van der Waals surface area contributed by atoms with Crippen LogP contribution in [0.3, 0.4) is 0 Å². The van der Waals surface area contributed by atoms with Crippen molar-refractivity contribution in [2.45, 2.75) is 26.3 Å². The molecule has 0 saturated carbocycles. The Bertz CT molecular complexity index is 814. The van der Waals surface area contributed by atoms with Crippen molar-refractivity contribution in [3.05, 3.63) is 29.2 Å². The monoisotopic (exact) mass is 376 g/mol. The van der Waals surface area contributed by atoms with Gasteiger partial charge < -0.3 is 9.32 Å². The number of aromatic nitrogens is 4. The SMILES string of the molecule is Cc1nsc(N2CCCN(C(C)c3nnc(-c4cccs4)o3)CC2)n1. The largest absolute Gasteiger partial charge is 0.418 e. The quantitative estimate of drug-likeness (QED) is 0.692. The van der Waals surface area contributed by atoms with Crippen LogP contribution in [0.25, 0.3) is 10.8 Å². The third kappa shape index (κ3) is 3.58. The topological polar surface area (TPSA) is 71.2 Å². The van der Waals surface area contributed by atoms with Crippen molar-refractivity contribution in [1.82, 2.24) is 24.5 Å². The second-order valence-electron chi connectivity index (χ2n) is 6.10. The van der Waals surface area contributed by atoms with E-state index in [1.54, 1.807) is 11.3 Å². The fraction of sp³-hybridized carbons (Fsp3) is 0.500. The summed E-state index contributed by atoms with van der Waals surface area (Å²) in [6.07, 6.45) is 1.08. The molecule has 132 valence electrons. The van der Waals surface area contributed by atoms with E-state index in [-0.39, 0.29) is 6.04 Å². The normalized spacial score (nSPS) is 17.6. The Balaban J connectivity index is 1.43. The van der Waals surface area contributed by atoms with Crippen LogP contribution in [0.5, 0.6) is 0 Å². The van der Waals surface area contributed by atoms with Crippen LogP contribution in [0.4, 0.5) is 5.13 Å². The van der Waals surface area contributed by atoms with Gasteiger partial charge in [0.1, 0.15) is 5.82 Å². The van der Waals surface area contributed by atoms with Crippen LogP contribution in [-0.2, 0) is 0 Å². The van der Waals surface area contributed by atoms with Gasteiger partial charge in [-0.05, 0) is 31.7 Å². The number of rotatable bonds is 4. The zero-order valence-corrected chi connectivity index (χ0v) is 15.9. The Morgan fingerprint density at radius 1 is 1.20 bits per heavy atom. The molecule has 7 nitrogen and oxygen atoms in total. The highest BCUT2D eigenvalue weighted by molar-refractivity contribution is 7.13. The van der Waals surface area contributed by atoms with Crippen molar-refractivity contribution in [3.8, 4) is 10.8 Å². The van der Waals surface area contributed by atoms with Crippen molar-refractivity contribution in [2.24, 2.45) is 0 Å². The first kappa shape index (κ1) is 16.6. The van der Waals surface area contributed by atoms with Crippen LogP contribution >= 0.6 is 22.9 Å². The molecule has 1 saturated heterocycles. The third-order valence-electron chi connectivity index (χ3n) is 4.40. The highest BCUT2D eigenvalue weighted by Crippen LogP contribution is 2.28. The van der Waals surface area contributed by atoms with Crippen LogP contribution < -0.4 is 4.90 Å². The lowest BCUT2D eigenvalue weighted by Crippen LogP contribution is -2.32. The summed E-state index contributed by atoms with van der Waals surface area (Å²) in [4.78, 5) is 10.2. The molecular weight excluding hydrogens is 356 g/mol. The minimum Gasteiger partial charge on any atom is -0.418 e. The molecule has 0 aliphatic carbocycles. The number of nitrogens with zero attached hydrogens (tertiary/aromatic N) is 6. The lowest BCUT2D eigenvalue weighted by atomic mass is 10.2. The number of anilines is 1. The Labute approximate surface area is 154 Å². The molecule has 4 heterocycles. The Kier molecular flexibility index (Phi) is 4.78. The van der Waals surface area contributed by atoms with Gasteiger partial charge in [0.25, 0.3) is 5.89 Å². The first-order valence-electron chi connectivity index (χ1n) is 8.37. The van der Waals surface area contributed by atoms with Crippen LogP contribution in [0.15, 0.2) is 21.9 Å². The van der Waals surface area contributed by atoms with E-state index in [0.29, 0.717) is 11.8 Å². The van der Waals surface area contributed by atoms with Crippen molar-refractivity contribution in [3.63, 3.8) is 0 Å². The van der Waals surface area contributed by atoms with Gasteiger partial charge in [0.05, 0.1) is 10.9 Å². The third-order valence-corrected chi connectivity index (χ3v) is 6.12. The molecule has 0 aromatic carbocycles. The zero-order chi connectivity index (χ0) is 17.2. The van der Waals surface area contributed by atoms with Gasteiger partial charge in [-0.25, -0.2) is 4.98 Å². The van der Waals surface area contributed by atoms with E-state index in [1.165, 1.54) is 11.5 Å². The van der Waals surface area contributed by atoms with E-state index in [9.17, 15) is 0 Å². The van der Waals surface area contributed by atoms with Crippen molar-refractivity contribution >= 4 is 28.0 Å². The molecule has 1 unspecified atom stereocenters. The molecule has 1 atom stereocenters. The maximum absolute atomic E-state index is 5.91. The summed E-state index contributed by atoms with van der Waals surface area (Å²) in [7, 11) is 0. The van der Waals surface area contributed by atoms with Gasteiger partial charge in [-0.3, -0.25) is 4.90 Å². The molecule has 1 aliphatic heterocycles. The molecule has 3 aromatic rings. The molecule has 1 fully saturated rings. The Morgan fingerprint density at radius 3 is 2.88 bits per heavy atom. The van der Waals surface area contributed by atoms with Gasteiger partial charge in [-0.15, -0.1) is 21.5 Å². The van der Waals surface area contributed by atoms with Crippen LogP contribution in [0.2, 0.25) is 0 Å². The lowest BCUT2D eigenvalue weighted by molar-refractivity contribution is 0.196. The van der Waals surface area contributed by atoms with Crippen LogP contribution in [-0.4, -0.2) is 50.6 Å². The molecule has 1 aliphatic rings. The summed E-state index contributed by atoms with van der Waals surface area (Å²) >= 11 is 3.09. The predicted octanol–water partition coefficient (Wildman–Crippen LogP) is 3.23. The number of thiophene rings is 1. The highest BCUT2D eigenvalue weighted by atomic mass is 32.1. The zero-order valence-electron chi connectivity index (χ0n) is 14.3. The minimum absolute atomic E-state index is 0.109. The Hall–Kier alpha value is -1.84. The van der Waals surface area contributed by atoms with Gasteiger partial charge >= 0.3 is 0 Å². The minimum atomic E-state index is 0.109. The fourth-order valence-electron chi connectivity index (χ4n) is 2.99. The summed E-state index contributed by atoms with van der Waals surface area (Å²) in [5.74, 6) is 2.14. The summed E-state index contributed by atoms with van der Waals surface area (Å²) in [6.45, 7) is 7.96. The lowest BCUT2D eigenvalue weighted by Gasteiger charge is -2.25. The van der Waals surface area contributed by atoms with E-state index in [2.05, 4.69) is 36.3 Å². The molecule has 3 aromatic heterocycles. The molecule has 0 amide bonds. The predicted molar refractivity (Wildman–Crippen MR) is 99.1 cm³/mol. The second-order valence-corrected chi connectivity index (χ2v) is 7.78. The average molecular weight is 377 g/mol. The van der Waals surface area contributed by atoms with Gasteiger partial charge in [0, 0.05) is 37.7 Å². The van der Waals surface area contributed by atoms with Crippen molar-refractivity contribution in [1.29, 1.82) is 0 Å². The van der Waals surface area contributed by atoms with E-state index in [0.717, 1.165) is 48.4 Å². The number of hydrogen-bond acceptors (Lipinski definition) is 9. The smallest absolute Gasteiger partial charge is 0.257 e. The molecule has 0 bridgehead atoms. The second kappa shape index (κ2) is 7.19. The molecule has 0 radical (unpaired) electrons. The maximum atomic E-state index is 5.91.